The summed E-state index contributed by atoms with van der Waals surface area (Å²) in [4.78, 5) is 11.5. The maximum Gasteiger partial charge on any atom is 0.307 e. The van der Waals surface area contributed by atoms with Crippen molar-refractivity contribution in [3.63, 3.8) is 0 Å². The topological polar surface area (TPSA) is 67.8 Å². The number of esters is 1. The van der Waals surface area contributed by atoms with Gasteiger partial charge in [0.25, 0.3) is 0 Å². The van der Waals surface area contributed by atoms with E-state index in [-0.39, 0.29) is 18.6 Å². The molecular weight excluding hydrogens is 270 g/mol. The molecule has 0 radical (unpaired) electrons. The van der Waals surface area contributed by atoms with E-state index in [4.69, 9.17) is 14.6 Å². The van der Waals surface area contributed by atoms with E-state index in [1.165, 1.54) is 18.2 Å². The Balaban J connectivity index is 2.47. The lowest BCUT2D eigenvalue weighted by Crippen LogP contribution is -2.36. The lowest BCUT2D eigenvalue weighted by Gasteiger charge is -2.18. The molecule has 1 aromatic carbocycles. The first-order chi connectivity index (χ1) is 10.2. The van der Waals surface area contributed by atoms with Gasteiger partial charge in [-0.2, -0.15) is 0 Å². The minimum absolute atomic E-state index is 0.0119. The van der Waals surface area contributed by atoms with Crippen molar-refractivity contribution in [2.45, 2.75) is 25.8 Å². The van der Waals surface area contributed by atoms with Gasteiger partial charge in [0.15, 0.2) is 0 Å². The molecule has 21 heavy (non-hydrogen) atoms. The van der Waals surface area contributed by atoms with Gasteiger partial charge in [-0.1, -0.05) is 29.8 Å². The fourth-order valence-electron chi connectivity index (χ4n) is 2.01. The molecule has 2 N–H and O–H groups in total. The molecule has 0 saturated heterocycles. The standard InChI is InChI=1S/C16H25NO4/c1-13-3-5-14(6-4-13)11-15(12-16(19)20-2)17-7-9-21-10-8-18/h3-6,15,17-18H,7-12H2,1-2H3. The molecule has 1 rings (SSSR count). The van der Waals surface area contributed by atoms with Gasteiger partial charge < -0.3 is 19.9 Å². The number of carbonyl (C=O) groups is 1. The lowest BCUT2D eigenvalue weighted by molar-refractivity contribution is -0.141. The van der Waals surface area contributed by atoms with Gasteiger partial charge in [-0.25, -0.2) is 0 Å². The van der Waals surface area contributed by atoms with Crippen molar-refractivity contribution >= 4 is 5.97 Å². The Labute approximate surface area is 126 Å². The average Bonchev–Trinajstić information content (AvgIpc) is 2.49. The number of rotatable bonds is 10. The average molecular weight is 295 g/mol. The predicted octanol–water partition coefficient (Wildman–Crippen LogP) is 1.07. The van der Waals surface area contributed by atoms with Crippen LogP contribution in [0.25, 0.3) is 0 Å². The third kappa shape index (κ3) is 7.80. The third-order valence-electron chi connectivity index (χ3n) is 3.16. The van der Waals surface area contributed by atoms with Crippen molar-refractivity contribution in [3.05, 3.63) is 35.4 Å². The summed E-state index contributed by atoms with van der Waals surface area (Å²) in [5.74, 6) is -0.226. The number of hydrogen-bond donors (Lipinski definition) is 2. The highest BCUT2D eigenvalue weighted by Gasteiger charge is 2.14. The zero-order chi connectivity index (χ0) is 15.5. The minimum atomic E-state index is -0.226. The molecule has 1 unspecified atom stereocenters. The van der Waals surface area contributed by atoms with Gasteiger partial charge in [0, 0.05) is 12.6 Å². The summed E-state index contributed by atoms with van der Waals surface area (Å²) in [5, 5.41) is 11.9. The first kappa shape index (κ1) is 17.6. The van der Waals surface area contributed by atoms with Crippen LogP contribution in [0.1, 0.15) is 17.5 Å². The van der Waals surface area contributed by atoms with Crippen LogP contribution in [-0.2, 0) is 20.7 Å². The van der Waals surface area contributed by atoms with Crippen LogP contribution < -0.4 is 5.32 Å². The molecule has 0 aliphatic carbocycles. The van der Waals surface area contributed by atoms with E-state index < -0.39 is 0 Å². The number of aliphatic hydroxyl groups excluding tert-OH is 1. The molecule has 0 saturated carbocycles. The van der Waals surface area contributed by atoms with Crippen LogP contribution in [0.4, 0.5) is 0 Å². The fourth-order valence-corrected chi connectivity index (χ4v) is 2.01. The molecule has 0 amide bonds. The summed E-state index contributed by atoms with van der Waals surface area (Å²) >= 11 is 0. The van der Waals surface area contributed by atoms with Gasteiger partial charge in [0.1, 0.15) is 0 Å². The second-order valence-corrected chi connectivity index (χ2v) is 4.96. The molecule has 0 aliphatic rings. The van der Waals surface area contributed by atoms with E-state index in [1.807, 2.05) is 6.92 Å². The Morgan fingerprint density at radius 3 is 2.62 bits per heavy atom. The summed E-state index contributed by atoms with van der Waals surface area (Å²) in [6.45, 7) is 3.54. The summed E-state index contributed by atoms with van der Waals surface area (Å²) in [6, 6.07) is 8.29. The first-order valence-corrected chi connectivity index (χ1v) is 7.20. The van der Waals surface area contributed by atoms with Crippen molar-refractivity contribution < 1.29 is 19.4 Å². The summed E-state index contributed by atoms with van der Waals surface area (Å²) in [5.41, 5.74) is 2.40. The maximum absolute atomic E-state index is 11.5. The molecule has 0 bridgehead atoms. The van der Waals surface area contributed by atoms with Crippen LogP contribution in [0.5, 0.6) is 0 Å². The lowest BCUT2D eigenvalue weighted by atomic mass is 10.0. The molecule has 1 atom stereocenters. The van der Waals surface area contributed by atoms with E-state index in [9.17, 15) is 4.79 Å². The molecule has 1 aromatic rings. The monoisotopic (exact) mass is 295 g/mol. The molecule has 0 aliphatic heterocycles. The summed E-state index contributed by atoms with van der Waals surface area (Å²) in [6.07, 6.45) is 1.08. The van der Waals surface area contributed by atoms with Gasteiger partial charge in [-0.3, -0.25) is 4.79 Å². The quantitative estimate of drug-likeness (QED) is 0.499. The van der Waals surface area contributed by atoms with Crippen LogP contribution in [-0.4, -0.2) is 50.6 Å². The van der Waals surface area contributed by atoms with Crippen molar-refractivity contribution in [1.29, 1.82) is 0 Å². The van der Waals surface area contributed by atoms with Gasteiger partial charge >= 0.3 is 5.97 Å². The van der Waals surface area contributed by atoms with Crippen LogP contribution in [0.3, 0.4) is 0 Å². The molecule has 0 heterocycles. The molecule has 5 nitrogen and oxygen atoms in total. The van der Waals surface area contributed by atoms with Gasteiger partial charge in [0.2, 0.25) is 0 Å². The maximum atomic E-state index is 11.5. The zero-order valence-electron chi connectivity index (χ0n) is 12.8. The number of methoxy groups -OCH3 is 1. The molecule has 0 fully saturated rings. The number of carbonyl (C=O) groups excluding carboxylic acids is 1. The molecule has 0 spiro atoms. The Bertz CT molecular complexity index is 405. The van der Waals surface area contributed by atoms with Crippen LogP contribution in [0.15, 0.2) is 24.3 Å². The van der Waals surface area contributed by atoms with Crippen molar-refractivity contribution in [1.82, 2.24) is 5.32 Å². The van der Waals surface area contributed by atoms with Crippen molar-refractivity contribution in [2.75, 3.05) is 33.5 Å². The predicted molar refractivity (Wildman–Crippen MR) is 81.2 cm³/mol. The van der Waals surface area contributed by atoms with Gasteiger partial charge in [0.05, 0.1) is 33.4 Å². The smallest absolute Gasteiger partial charge is 0.307 e. The summed E-state index contributed by atoms with van der Waals surface area (Å²) < 4.78 is 9.94. The third-order valence-corrected chi connectivity index (χ3v) is 3.16. The molecule has 5 heteroatoms. The number of nitrogens with one attached hydrogen (secondary N) is 1. The molecule has 118 valence electrons. The van der Waals surface area contributed by atoms with E-state index in [0.717, 1.165) is 6.42 Å². The van der Waals surface area contributed by atoms with E-state index in [0.29, 0.717) is 26.2 Å². The van der Waals surface area contributed by atoms with Crippen LogP contribution in [0.2, 0.25) is 0 Å². The minimum Gasteiger partial charge on any atom is -0.469 e. The highest BCUT2D eigenvalue weighted by Crippen LogP contribution is 2.08. The largest absolute Gasteiger partial charge is 0.469 e. The van der Waals surface area contributed by atoms with Crippen molar-refractivity contribution in [2.24, 2.45) is 0 Å². The molecule has 0 aromatic heterocycles. The van der Waals surface area contributed by atoms with Crippen LogP contribution >= 0.6 is 0 Å². The van der Waals surface area contributed by atoms with E-state index >= 15 is 0 Å². The van der Waals surface area contributed by atoms with E-state index in [1.54, 1.807) is 0 Å². The van der Waals surface area contributed by atoms with Gasteiger partial charge in [-0.15, -0.1) is 0 Å². The highest BCUT2D eigenvalue weighted by atomic mass is 16.5. The fraction of sp³-hybridized carbons (Fsp3) is 0.562. The first-order valence-electron chi connectivity index (χ1n) is 7.20. The molecular formula is C16H25NO4. The number of benzene rings is 1. The Morgan fingerprint density at radius 2 is 2.00 bits per heavy atom. The Morgan fingerprint density at radius 1 is 1.29 bits per heavy atom. The highest BCUT2D eigenvalue weighted by molar-refractivity contribution is 5.70. The van der Waals surface area contributed by atoms with Crippen molar-refractivity contribution in [3.8, 4) is 0 Å². The zero-order valence-corrected chi connectivity index (χ0v) is 12.8. The normalized spacial score (nSPS) is 12.1. The second kappa shape index (κ2) is 10.3. The van der Waals surface area contributed by atoms with E-state index in [2.05, 4.69) is 29.6 Å². The number of ether oxygens (including phenoxy) is 2. The van der Waals surface area contributed by atoms with Gasteiger partial charge in [-0.05, 0) is 18.9 Å². The number of aryl methyl sites for hydroxylation is 1. The number of aliphatic hydroxyl groups is 1. The Kier molecular flexibility index (Phi) is 8.66. The SMILES string of the molecule is COC(=O)CC(Cc1ccc(C)cc1)NCCOCCO. The number of hydrogen-bond acceptors (Lipinski definition) is 5. The summed E-state index contributed by atoms with van der Waals surface area (Å²) in [7, 11) is 1.40. The second-order valence-electron chi connectivity index (χ2n) is 4.96. The van der Waals surface area contributed by atoms with Crippen LogP contribution in [0, 0.1) is 6.92 Å². The Hall–Kier alpha value is -1.43.